The number of carbonyl (C=O) groups excluding carboxylic acids is 2. The number of sulfone groups is 1. The van der Waals surface area contributed by atoms with Crippen molar-refractivity contribution in [3.05, 3.63) is 42.6 Å². The largest absolute Gasteiger partial charge is 0.353 e. The van der Waals surface area contributed by atoms with Crippen LogP contribution >= 0.6 is 0 Å². The fraction of sp³-hybridized carbons (Fsp3) is 0.500. The molecule has 0 atom stereocenters. The fourth-order valence-corrected chi connectivity index (χ4v) is 6.03. The molecule has 0 unspecified atom stereocenters. The van der Waals surface area contributed by atoms with E-state index in [0.29, 0.717) is 44.7 Å². The van der Waals surface area contributed by atoms with Gasteiger partial charge in [0.15, 0.2) is 15.7 Å². The first-order chi connectivity index (χ1) is 16.1. The lowest BCUT2D eigenvalue weighted by atomic mass is 9.93. The molecule has 10 heteroatoms. The minimum atomic E-state index is -3.51. The van der Waals surface area contributed by atoms with Crippen LogP contribution in [-0.2, 0) is 19.4 Å². The van der Waals surface area contributed by atoms with Crippen LogP contribution in [0.5, 0.6) is 0 Å². The number of nitrogens with zero attached hydrogens (tertiary/aromatic N) is 4. The first-order valence-corrected chi connectivity index (χ1v) is 13.1. The van der Waals surface area contributed by atoms with Crippen molar-refractivity contribution in [1.82, 2.24) is 15.1 Å². The van der Waals surface area contributed by atoms with E-state index in [2.05, 4.69) is 15.5 Å². The molecule has 2 aliphatic heterocycles. The number of carbonyl (C=O) groups is 2. The van der Waals surface area contributed by atoms with Crippen molar-refractivity contribution < 1.29 is 18.0 Å². The third-order valence-electron chi connectivity index (χ3n) is 6.39. The predicted octanol–water partition coefficient (Wildman–Crippen LogP) is 2.36. The van der Waals surface area contributed by atoms with Gasteiger partial charge in [0.05, 0.1) is 16.1 Å². The highest BCUT2D eigenvalue weighted by molar-refractivity contribution is 7.92. The molecule has 0 radical (unpaired) electrons. The molecule has 2 aromatic rings. The Bertz CT molecular complexity index is 1130. The van der Waals surface area contributed by atoms with E-state index in [9.17, 15) is 18.0 Å². The van der Waals surface area contributed by atoms with Gasteiger partial charge >= 0.3 is 0 Å². The highest BCUT2D eigenvalue weighted by Gasteiger charge is 2.36. The molecule has 1 N–H and O–H groups in total. The van der Waals surface area contributed by atoms with Gasteiger partial charge in [-0.15, -0.1) is 5.10 Å². The predicted molar refractivity (Wildman–Crippen MR) is 129 cm³/mol. The van der Waals surface area contributed by atoms with Gasteiger partial charge in [0.2, 0.25) is 11.8 Å². The van der Waals surface area contributed by atoms with Gasteiger partial charge in [0.25, 0.3) is 0 Å². The molecule has 2 fully saturated rings. The summed E-state index contributed by atoms with van der Waals surface area (Å²) in [5, 5.41) is 10.2. The number of nitrogens with one attached hydrogen (secondary N) is 1. The SMILES string of the molecule is CC(C)(C)C(=O)N1CCC(S(=O)(=O)c2ccc(NC(=O)C3CN(c4cccnn4)C3)cc2)CC1. The molecule has 0 spiro atoms. The van der Waals surface area contributed by atoms with Gasteiger partial charge in [0, 0.05) is 43.5 Å². The summed E-state index contributed by atoms with van der Waals surface area (Å²) in [5.41, 5.74) is 0.0897. The van der Waals surface area contributed by atoms with Gasteiger partial charge in [0.1, 0.15) is 0 Å². The topological polar surface area (TPSA) is 113 Å². The number of aromatic nitrogens is 2. The van der Waals surface area contributed by atoms with Crippen molar-refractivity contribution in [3.8, 4) is 0 Å². The molecule has 0 bridgehead atoms. The van der Waals surface area contributed by atoms with Crippen molar-refractivity contribution in [2.75, 3.05) is 36.4 Å². The summed E-state index contributed by atoms with van der Waals surface area (Å²) in [7, 11) is -3.51. The van der Waals surface area contributed by atoms with Crippen LogP contribution in [0.4, 0.5) is 11.5 Å². The van der Waals surface area contributed by atoms with E-state index in [-0.39, 0.29) is 22.6 Å². The van der Waals surface area contributed by atoms with E-state index in [4.69, 9.17) is 0 Å². The molecule has 0 saturated carbocycles. The average molecular weight is 486 g/mol. The van der Waals surface area contributed by atoms with Gasteiger partial charge in [-0.05, 0) is 49.2 Å². The zero-order valence-corrected chi connectivity index (χ0v) is 20.6. The molecule has 182 valence electrons. The molecule has 2 aliphatic rings. The second-order valence-corrected chi connectivity index (χ2v) is 12.2. The van der Waals surface area contributed by atoms with Gasteiger partial charge in [-0.2, -0.15) is 5.10 Å². The maximum Gasteiger partial charge on any atom is 0.231 e. The van der Waals surface area contributed by atoms with Crippen molar-refractivity contribution in [3.63, 3.8) is 0 Å². The third kappa shape index (κ3) is 5.06. The summed E-state index contributed by atoms with van der Waals surface area (Å²) in [6, 6.07) is 10.0. The van der Waals surface area contributed by atoms with E-state index < -0.39 is 20.5 Å². The molecular formula is C24H31N5O4S. The summed E-state index contributed by atoms with van der Waals surface area (Å²) in [6.07, 6.45) is 2.45. The van der Waals surface area contributed by atoms with Crippen LogP contribution in [0.2, 0.25) is 0 Å². The maximum atomic E-state index is 13.1. The number of anilines is 2. The van der Waals surface area contributed by atoms with Gasteiger partial charge < -0.3 is 15.1 Å². The molecule has 2 amide bonds. The summed E-state index contributed by atoms with van der Waals surface area (Å²) < 4.78 is 26.2. The molecule has 1 aromatic heterocycles. The number of hydrogen-bond donors (Lipinski definition) is 1. The number of amides is 2. The Morgan fingerprint density at radius 2 is 1.68 bits per heavy atom. The number of piperidine rings is 1. The average Bonchev–Trinajstić information content (AvgIpc) is 2.78. The summed E-state index contributed by atoms with van der Waals surface area (Å²) in [5.74, 6) is 0.530. The van der Waals surface area contributed by atoms with Crippen molar-refractivity contribution >= 4 is 33.2 Å². The third-order valence-corrected chi connectivity index (χ3v) is 8.67. The molecule has 0 aliphatic carbocycles. The van der Waals surface area contributed by atoms with Gasteiger partial charge in [-0.3, -0.25) is 9.59 Å². The standard InChI is InChI=1S/C24H31N5O4S/c1-24(2,3)23(31)28-13-10-20(11-14-28)34(32,33)19-8-6-18(7-9-19)26-22(30)17-15-29(16-17)21-5-4-12-25-27-21/h4-9,12,17,20H,10-11,13-16H2,1-3H3,(H,26,30). The van der Waals surface area contributed by atoms with Gasteiger partial charge in [-0.1, -0.05) is 20.8 Å². The van der Waals surface area contributed by atoms with Crippen LogP contribution in [0.25, 0.3) is 0 Å². The molecule has 3 heterocycles. The molecule has 34 heavy (non-hydrogen) atoms. The Hall–Kier alpha value is -3.01. The Morgan fingerprint density at radius 3 is 2.24 bits per heavy atom. The first kappa shape index (κ1) is 24.1. The Balaban J connectivity index is 1.31. The number of rotatable bonds is 5. The van der Waals surface area contributed by atoms with Crippen molar-refractivity contribution in [1.29, 1.82) is 0 Å². The zero-order chi connectivity index (χ0) is 24.5. The molecule has 4 rings (SSSR count). The monoisotopic (exact) mass is 485 g/mol. The van der Waals surface area contributed by atoms with Crippen LogP contribution in [-0.4, -0.2) is 66.8 Å². The first-order valence-electron chi connectivity index (χ1n) is 11.5. The molecule has 9 nitrogen and oxygen atoms in total. The van der Waals surface area contributed by atoms with Crippen molar-refractivity contribution in [2.45, 2.75) is 43.8 Å². The molecule has 1 aromatic carbocycles. The Morgan fingerprint density at radius 1 is 1.03 bits per heavy atom. The van der Waals surface area contributed by atoms with E-state index in [1.54, 1.807) is 41.4 Å². The fourth-order valence-electron chi connectivity index (χ4n) is 4.30. The lowest BCUT2D eigenvalue weighted by Gasteiger charge is -2.38. The Labute approximate surface area is 200 Å². The highest BCUT2D eigenvalue weighted by Crippen LogP contribution is 2.28. The lowest BCUT2D eigenvalue weighted by Crippen LogP contribution is -2.52. The molecular weight excluding hydrogens is 454 g/mol. The van der Waals surface area contributed by atoms with Gasteiger partial charge in [-0.25, -0.2) is 8.42 Å². The van der Waals surface area contributed by atoms with Crippen LogP contribution in [0.1, 0.15) is 33.6 Å². The number of likely N-dealkylation sites (tertiary alicyclic amines) is 1. The highest BCUT2D eigenvalue weighted by atomic mass is 32.2. The van der Waals surface area contributed by atoms with Crippen LogP contribution in [0.15, 0.2) is 47.5 Å². The second-order valence-electron chi connectivity index (χ2n) is 9.98. The van der Waals surface area contributed by atoms with E-state index in [0.717, 1.165) is 5.82 Å². The Kier molecular flexibility index (Phi) is 6.62. The summed E-state index contributed by atoms with van der Waals surface area (Å²) in [4.78, 5) is 29.0. The minimum absolute atomic E-state index is 0.0507. The lowest BCUT2D eigenvalue weighted by molar-refractivity contribution is -0.140. The van der Waals surface area contributed by atoms with E-state index in [1.165, 1.54) is 0 Å². The zero-order valence-electron chi connectivity index (χ0n) is 19.8. The quantitative estimate of drug-likeness (QED) is 0.692. The summed E-state index contributed by atoms with van der Waals surface area (Å²) in [6.45, 7) is 7.63. The second kappa shape index (κ2) is 9.32. The maximum absolute atomic E-state index is 13.1. The van der Waals surface area contributed by atoms with Crippen LogP contribution in [0, 0.1) is 11.3 Å². The van der Waals surface area contributed by atoms with Crippen molar-refractivity contribution in [2.24, 2.45) is 11.3 Å². The molecule has 2 saturated heterocycles. The smallest absolute Gasteiger partial charge is 0.231 e. The number of benzene rings is 1. The van der Waals surface area contributed by atoms with E-state index >= 15 is 0 Å². The van der Waals surface area contributed by atoms with Crippen LogP contribution in [0.3, 0.4) is 0 Å². The normalized spacial score (nSPS) is 17.9. The minimum Gasteiger partial charge on any atom is -0.353 e. The van der Waals surface area contributed by atoms with E-state index in [1.807, 2.05) is 31.7 Å². The van der Waals surface area contributed by atoms with Crippen LogP contribution < -0.4 is 10.2 Å². The number of hydrogen-bond acceptors (Lipinski definition) is 7. The summed E-state index contributed by atoms with van der Waals surface area (Å²) >= 11 is 0.